The second-order valence-electron chi connectivity index (χ2n) is 3.52. The molecule has 0 aromatic heterocycles. The standard InChI is InChI=1S/C8H17N3O/c1-3-4-8(9)5-11(6-8)7(12)10-2/h3-6,9H2,1-2H3,(H,10,12). The van der Waals surface area contributed by atoms with Gasteiger partial charge in [-0.2, -0.15) is 0 Å². The number of likely N-dealkylation sites (tertiary alicyclic amines) is 1. The first kappa shape index (κ1) is 9.32. The summed E-state index contributed by atoms with van der Waals surface area (Å²) in [5, 5.41) is 2.58. The highest BCUT2D eigenvalue weighted by Gasteiger charge is 2.40. The maximum absolute atomic E-state index is 11.0. The summed E-state index contributed by atoms with van der Waals surface area (Å²) >= 11 is 0. The molecule has 0 aromatic carbocycles. The van der Waals surface area contributed by atoms with Gasteiger partial charge in [-0.15, -0.1) is 0 Å². The highest BCUT2D eigenvalue weighted by Crippen LogP contribution is 2.22. The van der Waals surface area contributed by atoms with E-state index in [4.69, 9.17) is 5.73 Å². The zero-order chi connectivity index (χ0) is 9.19. The van der Waals surface area contributed by atoms with Crippen molar-refractivity contribution < 1.29 is 4.79 Å². The van der Waals surface area contributed by atoms with E-state index in [0.29, 0.717) is 13.1 Å². The third-order valence-corrected chi connectivity index (χ3v) is 2.26. The molecule has 1 aliphatic heterocycles. The lowest BCUT2D eigenvalue weighted by molar-refractivity contribution is 0.0911. The lowest BCUT2D eigenvalue weighted by Crippen LogP contribution is -2.69. The van der Waals surface area contributed by atoms with Gasteiger partial charge >= 0.3 is 6.03 Å². The van der Waals surface area contributed by atoms with Gasteiger partial charge in [-0.25, -0.2) is 4.79 Å². The molecule has 1 heterocycles. The quantitative estimate of drug-likeness (QED) is 0.621. The number of nitrogens with zero attached hydrogens (tertiary/aromatic N) is 1. The number of nitrogens with one attached hydrogen (secondary N) is 1. The molecular formula is C8H17N3O. The number of amides is 2. The van der Waals surface area contributed by atoms with Crippen LogP contribution in [-0.4, -0.2) is 36.6 Å². The van der Waals surface area contributed by atoms with Gasteiger partial charge in [0.25, 0.3) is 0 Å². The van der Waals surface area contributed by atoms with E-state index in [-0.39, 0.29) is 11.6 Å². The normalized spacial score (nSPS) is 20.1. The number of carbonyl (C=O) groups is 1. The number of hydrogen-bond donors (Lipinski definition) is 2. The molecule has 0 saturated carbocycles. The Morgan fingerprint density at radius 2 is 2.25 bits per heavy atom. The van der Waals surface area contributed by atoms with E-state index in [1.807, 2.05) is 0 Å². The Labute approximate surface area is 73.1 Å². The molecule has 0 radical (unpaired) electrons. The molecule has 2 amide bonds. The number of hydrogen-bond acceptors (Lipinski definition) is 2. The van der Waals surface area contributed by atoms with Crippen LogP contribution in [0.5, 0.6) is 0 Å². The zero-order valence-corrected chi connectivity index (χ0v) is 7.76. The molecule has 1 fully saturated rings. The number of rotatable bonds is 2. The number of carbonyl (C=O) groups excluding carboxylic acids is 1. The van der Waals surface area contributed by atoms with Gasteiger partial charge in [0.15, 0.2) is 0 Å². The van der Waals surface area contributed by atoms with Crippen molar-refractivity contribution in [2.24, 2.45) is 5.73 Å². The Morgan fingerprint density at radius 1 is 1.67 bits per heavy atom. The van der Waals surface area contributed by atoms with Crippen molar-refractivity contribution in [3.8, 4) is 0 Å². The van der Waals surface area contributed by atoms with Crippen molar-refractivity contribution in [1.29, 1.82) is 0 Å². The van der Waals surface area contributed by atoms with Crippen LogP contribution in [0.3, 0.4) is 0 Å². The summed E-state index contributed by atoms with van der Waals surface area (Å²) in [6.07, 6.45) is 2.08. The Morgan fingerprint density at radius 3 is 2.67 bits per heavy atom. The van der Waals surface area contributed by atoms with E-state index < -0.39 is 0 Å². The van der Waals surface area contributed by atoms with Crippen molar-refractivity contribution in [3.63, 3.8) is 0 Å². The first-order chi connectivity index (χ1) is 5.61. The smallest absolute Gasteiger partial charge is 0.317 e. The lowest BCUT2D eigenvalue weighted by Gasteiger charge is -2.47. The molecule has 1 aliphatic rings. The van der Waals surface area contributed by atoms with E-state index in [2.05, 4.69) is 12.2 Å². The van der Waals surface area contributed by atoms with Crippen LogP contribution in [0.2, 0.25) is 0 Å². The average molecular weight is 171 g/mol. The molecule has 0 atom stereocenters. The Kier molecular flexibility index (Phi) is 2.57. The Balaban J connectivity index is 2.31. The zero-order valence-electron chi connectivity index (χ0n) is 7.76. The SMILES string of the molecule is CCCC1(N)CN(C(=O)NC)C1. The van der Waals surface area contributed by atoms with Gasteiger partial charge in [-0.1, -0.05) is 13.3 Å². The summed E-state index contributed by atoms with van der Waals surface area (Å²) in [5.41, 5.74) is 5.86. The fraction of sp³-hybridized carbons (Fsp3) is 0.875. The third-order valence-electron chi connectivity index (χ3n) is 2.26. The second-order valence-corrected chi connectivity index (χ2v) is 3.52. The summed E-state index contributed by atoms with van der Waals surface area (Å²) in [5.74, 6) is 0. The minimum atomic E-state index is -0.110. The Hall–Kier alpha value is -0.770. The van der Waals surface area contributed by atoms with E-state index in [9.17, 15) is 4.79 Å². The average Bonchev–Trinajstić information content (AvgIpc) is 1.99. The minimum absolute atomic E-state index is 0.0211. The molecule has 0 bridgehead atoms. The minimum Gasteiger partial charge on any atom is -0.341 e. The molecule has 0 spiro atoms. The topological polar surface area (TPSA) is 58.4 Å². The monoisotopic (exact) mass is 171 g/mol. The van der Waals surface area contributed by atoms with Gasteiger partial charge in [0.05, 0.1) is 5.54 Å². The molecule has 4 heteroatoms. The van der Waals surface area contributed by atoms with Crippen molar-refractivity contribution in [3.05, 3.63) is 0 Å². The van der Waals surface area contributed by atoms with E-state index in [1.165, 1.54) is 0 Å². The summed E-state index contributed by atoms with van der Waals surface area (Å²) in [6.45, 7) is 3.50. The van der Waals surface area contributed by atoms with Crippen molar-refractivity contribution in [1.82, 2.24) is 10.2 Å². The fourth-order valence-electron chi connectivity index (χ4n) is 1.67. The van der Waals surface area contributed by atoms with Crippen LogP contribution >= 0.6 is 0 Å². The van der Waals surface area contributed by atoms with E-state index >= 15 is 0 Å². The molecule has 0 unspecified atom stereocenters. The van der Waals surface area contributed by atoms with Crippen LogP contribution in [0.1, 0.15) is 19.8 Å². The van der Waals surface area contributed by atoms with Gasteiger partial charge in [0.2, 0.25) is 0 Å². The Bertz CT molecular complexity index is 175. The van der Waals surface area contributed by atoms with Gasteiger partial charge in [-0.05, 0) is 6.42 Å². The summed E-state index contributed by atoms with van der Waals surface area (Å²) in [7, 11) is 1.64. The first-order valence-corrected chi connectivity index (χ1v) is 4.37. The summed E-state index contributed by atoms with van der Waals surface area (Å²) in [6, 6.07) is -0.0211. The van der Waals surface area contributed by atoms with Crippen LogP contribution < -0.4 is 11.1 Å². The summed E-state index contributed by atoms with van der Waals surface area (Å²) < 4.78 is 0. The summed E-state index contributed by atoms with van der Waals surface area (Å²) in [4.78, 5) is 12.8. The maximum Gasteiger partial charge on any atom is 0.317 e. The van der Waals surface area contributed by atoms with Crippen molar-refractivity contribution >= 4 is 6.03 Å². The van der Waals surface area contributed by atoms with Crippen molar-refractivity contribution in [2.45, 2.75) is 25.3 Å². The van der Waals surface area contributed by atoms with Crippen LogP contribution in [-0.2, 0) is 0 Å². The van der Waals surface area contributed by atoms with E-state index in [1.54, 1.807) is 11.9 Å². The number of nitrogens with two attached hydrogens (primary N) is 1. The van der Waals surface area contributed by atoms with Crippen LogP contribution in [0.15, 0.2) is 0 Å². The van der Waals surface area contributed by atoms with E-state index in [0.717, 1.165) is 12.8 Å². The van der Waals surface area contributed by atoms with Crippen LogP contribution in [0.25, 0.3) is 0 Å². The third kappa shape index (κ3) is 1.69. The molecule has 12 heavy (non-hydrogen) atoms. The number of urea groups is 1. The fourth-order valence-corrected chi connectivity index (χ4v) is 1.67. The first-order valence-electron chi connectivity index (χ1n) is 4.37. The largest absolute Gasteiger partial charge is 0.341 e. The van der Waals surface area contributed by atoms with Gasteiger partial charge in [0, 0.05) is 20.1 Å². The predicted octanol–water partition coefficient (Wildman–Crippen LogP) is 0.139. The molecule has 0 aromatic rings. The molecule has 0 aliphatic carbocycles. The van der Waals surface area contributed by atoms with Gasteiger partial charge in [-0.3, -0.25) is 0 Å². The van der Waals surface area contributed by atoms with Gasteiger partial charge in [0.1, 0.15) is 0 Å². The maximum atomic E-state index is 11.0. The van der Waals surface area contributed by atoms with Gasteiger partial charge < -0.3 is 16.0 Å². The molecule has 4 nitrogen and oxygen atoms in total. The molecule has 1 rings (SSSR count). The highest BCUT2D eigenvalue weighted by molar-refractivity contribution is 5.75. The highest BCUT2D eigenvalue weighted by atomic mass is 16.2. The molecule has 70 valence electrons. The second kappa shape index (κ2) is 3.31. The van der Waals surface area contributed by atoms with Crippen molar-refractivity contribution in [2.75, 3.05) is 20.1 Å². The lowest BCUT2D eigenvalue weighted by atomic mass is 9.87. The molecule has 3 N–H and O–H groups in total. The van der Waals surface area contributed by atoms with Crippen LogP contribution in [0, 0.1) is 0 Å². The predicted molar refractivity (Wildman–Crippen MR) is 47.9 cm³/mol. The molecular weight excluding hydrogens is 154 g/mol. The van der Waals surface area contributed by atoms with Crippen LogP contribution in [0.4, 0.5) is 4.79 Å². The molecule has 1 saturated heterocycles.